The molecular formula is C19H14ClN3O3. The second-order valence-electron chi connectivity index (χ2n) is 5.74. The molecule has 1 aliphatic heterocycles. The van der Waals surface area contributed by atoms with Gasteiger partial charge in [-0.2, -0.15) is 5.26 Å². The van der Waals surface area contributed by atoms with E-state index in [2.05, 4.69) is 5.32 Å². The quantitative estimate of drug-likeness (QED) is 0.814. The monoisotopic (exact) mass is 367 g/mol. The van der Waals surface area contributed by atoms with Crippen LogP contribution in [0.1, 0.15) is 18.5 Å². The number of carbonyl (C=O) groups is 2. The minimum atomic E-state index is -1.43. The Morgan fingerprint density at radius 3 is 2.54 bits per heavy atom. The van der Waals surface area contributed by atoms with Crippen LogP contribution in [0.15, 0.2) is 59.8 Å². The predicted octanol–water partition coefficient (Wildman–Crippen LogP) is 4.55. The summed E-state index contributed by atoms with van der Waals surface area (Å²) in [5.74, 6) is 0. The average Bonchev–Trinajstić information content (AvgIpc) is 2.61. The molecule has 2 aromatic rings. The Morgan fingerprint density at radius 1 is 1.23 bits per heavy atom. The Labute approximate surface area is 154 Å². The van der Waals surface area contributed by atoms with Crippen LogP contribution in [0.4, 0.5) is 9.59 Å². The van der Waals surface area contributed by atoms with Gasteiger partial charge in [0, 0.05) is 10.7 Å². The van der Waals surface area contributed by atoms with Crippen LogP contribution >= 0.6 is 11.6 Å². The van der Waals surface area contributed by atoms with Gasteiger partial charge in [-0.05, 0) is 41.8 Å². The van der Waals surface area contributed by atoms with Gasteiger partial charge in [0.1, 0.15) is 0 Å². The molecule has 1 unspecified atom stereocenters. The number of allylic oxidation sites excluding steroid dienone is 1. The van der Waals surface area contributed by atoms with Crippen LogP contribution in [0.2, 0.25) is 5.02 Å². The first kappa shape index (κ1) is 17.5. The maximum Gasteiger partial charge on any atom is 0.419 e. The van der Waals surface area contributed by atoms with Gasteiger partial charge in [0.25, 0.3) is 0 Å². The number of nitrogens with zero attached hydrogens (tertiary/aromatic N) is 2. The van der Waals surface area contributed by atoms with Crippen molar-refractivity contribution in [3.05, 3.63) is 70.4 Å². The van der Waals surface area contributed by atoms with E-state index in [1.165, 1.54) is 6.92 Å². The summed E-state index contributed by atoms with van der Waals surface area (Å²) in [7, 11) is 0. The van der Waals surface area contributed by atoms with Gasteiger partial charge in [0.15, 0.2) is 0 Å². The van der Waals surface area contributed by atoms with Crippen LogP contribution in [-0.4, -0.2) is 22.1 Å². The van der Waals surface area contributed by atoms with Crippen LogP contribution < -0.4 is 5.32 Å². The number of benzene rings is 2. The zero-order valence-corrected chi connectivity index (χ0v) is 14.5. The lowest BCUT2D eigenvalue weighted by molar-refractivity contribution is 0.155. The Morgan fingerprint density at radius 2 is 1.92 bits per heavy atom. The second kappa shape index (κ2) is 6.90. The summed E-state index contributed by atoms with van der Waals surface area (Å²) in [6, 6.07) is 15.2. The summed E-state index contributed by atoms with van der Waals surface area (Å²) in [4.78, 5) is 24.0. The van der Waals surface area contributed by atoms with Crippen molar-refractivity contribution >= 4 is 23.7 Å². The number of urea groups is 1. The fourth-order valence-corrected chi connectivity index (χ4v) is 3.03. The van der Waals surface area contributed by atoms with E-state index >= 15 is 0 Å². The highest BCUT2D eigenvalue weighted by atomic mass is 35.5. The molecule has 130 valence electrons. The number of nitriles is 1. The first-order chi connectivity index (χ1) is 12.4. The number of rotatable bonds is 2. The van der Waals surface area contributed by atoms with Gasteiger partial charge in [0.05, 0.1) is 17.7 Å². The van der Waals surface area contributed by atoms with Gasteiger partial charge in [-0.25, -0.2) is 14.5 Å². The van der Waals surface area contributed by atoms with Crippen LogP contribution in [0.3, 0.4) is 0 Å². The molecule has 6 nitrogen and oxygen atoms in total. The Balaban J connectivity index is 2.05. The molecule has 3 amide bonds. The van der Waals surface area contributed by atoms with Gasteiger partial charge in [-0.1, -0.05) is 41.9 Å². The molecule has 0 aromatic heterocycles. The number of carboxylic acid groups (broad SMARTS) is 1. The molecule has 0 bridgehead atoms. The van der Waals surface area contributed by atoms with E-state index in [9.17, 15) is 20.0 Å². The second-order valence-corrected chi connectivity index (χ2v) is 6.18. The first-order valence-corrected chi connectivity index (χ1v) is 8.10. The normalized spacial score (nSPS) is 16.9. The Kier molecular flexibility index (Phi) is 4.65. The van der Waals surface area contributed by atoms with Crippen LogP contribution in [0.5, 0.6) is 0 Å². The van der Waals surface area contributed by atoms with Gasteiger partial charge < -0.3 is 10.4 Å². The lowest BCUT2D eigenvalue weighted by Crippen LogP contribution is -2.48. The molecule has 1 heterocycles. The molecule has 2 N–H and O–H groups in total. The Hall–Kier alpha value is -3.30. The lowest BCUT2D eigenvalue weighted by Gasteiger charge is -2.31. The molecule has 0 saturated heterocycles. The van der Waals surface area contributed by atoms with Crippen molar-refractivity contribution in [1.82, 2.24) is 10.2 Å². The Bertz CT molecular complexity index is 961. The highest BCUT2D eigenvalue weighted by molar-refractivity contribution is 6.30. The van der Waals surface area contributed by atoms with Crippen molar-refractivity contribution < 1.29 is 14.7 Å². The lowest BCUT2D eigenvalue weighted by atomic mass is 9.93. The highest BCUT2D eigenvalue weighted by Gasteiger charge is 2.35. The SMILES string of the molecule is CC1=C(C#N)C(c2cccc(-c3ccc(Cl)cc3)c2)NC(=O)N1C(=O)O. The molecule has 7 heteroatoms. The molecule has 0 radical (unpaired) electrons. The van der Waals surface area contributed by atoms with Crippen molar-refractivity contribution in [2.24, 2.45) is 0 Å². The number of amides is 3. The smallest absolute Gasteiger partial charge is 0.419 e. The standard InChI is InChI=1S/C19H14ClN3O3/c1-11-16(10-21)17(22-18(24)23(11)19(25)26)14-4-2-3-13(9-14)12-5-7-15(20)8-6-12/h2-9,17H,1H3,(H,22,24)(H,25,26). The maximum absolute atomic E-state index is 12.2. The third-order valence-electron chi connectivity index (χ3n) is 4.19. The molecule has 1 aliphatic rings. The van der Waals surface area contributed by atoms with Crippen molar-refractivity contribution in [2.75, 3.05) is 0 Å². The molecule has 0 aliphatic carbocycles. The largest absolute Gasteiger partial charge is 0.464 e. The summed E-state index contributed by atoms with van der Waals surface area (Å²) in [6.07, 6.45) is -1.43. The van der Waals surface area contributed by atoms with E-state index in [1.54, 1.807) is 18.2 Å². The summed E-state index contributed by atoms with van der Waals surface area (Å²) >= 11 is 5.92. The third kappa shape index (κ3) is 3.13. The minimum absolute atomic E-state index is 0.102. The van der Waals surface area contributed by atoms with Crippen molar-refractivity contribution in [1.29, 1.82) is 5.26 Å². The van der Waals surface area contributed by atoms with Gasteiger partial charge in [-0.15, -0.1) is 0 Å². The van der Waals surface area contributed by atoms with E-state index in [0.29, 0.717) is 15.5 Å². The maximum atomic E-state index is 12.2. The van der Waals surface area contributed by atoms with E-state index in [4.69, 9.17) is 11.6 Å². The number of hydrogen-bond acceptors (Lipinski definition) is 3. The fraction of sp³-hybridized carbons (Fsp3) is 0.105. The summed E-state index contributed by atoms with van der Waals surface area (Å²) < 4.78 is 0. The molecule has 26 heavy (non-hydrogen) atoms. The molecule has 1 atom stereocenters. The molecule has 0 spiro atoms. The zero-order chi connectivity index (χ0) is 18.8. The molecule has 0 saturated carbocycles. The molecule has 3 rings (SSSR count). The van der Waals surface area contributed by atoms with Crippen LogP contribution in [-0.2, 0) is 0 Å². The predicted molar refractivity (Wildman–Crippen MR) is 96.3 cm³/mol. The third-order valence-corrected chi connectivity index (χ3v) is 4.45. The molecule has 2 aromatic carbocycles. The van der Waals surface area contributed by atoms with E-state index < -0.39 is 18.2 Å². The van der Waals surface area contributed by atoms with E-state index in [-0.39, 0.29) is 11.3 Å². The number of carbonyl (C=O) groups excluding carboxylic acids is 1. The zero-order valence-electron chi connectivity index (χ0n) is 13.7. The van der Waals surface area contributed by atoms with Gasteiger partial charge in [-0.3, -0.25) is 0 Å². The van der Waals surface area contributed by atoms with Gasteiger partial charge >= 0.3 is 12.1 Å². The number of imide groups is 1. The van der Waals surface area contributed by atoms with E-state index in [0.717, 1.165) is 11.1 Å². The number of hydrogen-bond donors (Lipinski definition) is 2. The number of halogens is 1. The van der Waals surface area contributed by atoms with Crippen LogP contribution in [0, 0.1) is 11.3 Å². The summed E-state index contributed by atoms with van der Waals surface area (Å²) in [5.41, 5.74) is 2.80. The van der Waals surface area contributed by atoms with Crippen molar-refractivity contribution in [2.45, 2.75) is 13.0 Å². The first-order valence-electron chi connectivity index (χ1n) is 7.72. The molecular weight excluding hydrogens is 354 g/mol. The van der Waals surface area contributed by atoms with Gasteiger partial charge in [0.2, 0.25) is 0 Å². The van der Waals surface area contributed by atoms with Crippen molar-refractivity contribution in [3.63, 3.8) is 0 Å². The topological polar surface area (TPSA) is 93.4 Å². The van der Waals surface area contributed by atoms with Crippen LogP contribution in [0.25, 0.3) is 11.1 Å². The highest BCUT2D eigenvalue weighted by Crippen LogP contribution is 2.32. The van der Waals surface area contributed by atoms with E-state index in [1.807, 2.05) is 36.4 Å². The average molecular weight is 368 g/mol. The fourth-order valence-electron chi connectivity index (χ4n) is 2.91. The molecule has 0 fully saturated rings. The summed E-state index contributed by atoms with van der Waals surface area (Å²) in [6.45, 7) is 1.45. The minimum Gasteiger partial charge on any atom is -0.464 e. The number of nitrogens with one attached hydrogen (secondary N) is 1. The van der Waals surface area contributed by atoms with Crippen molar-refractivity contribution in [3.8, 4) is 17.2 Å². The summed E-state index contributed by atoms with van der Waals surface area (Å²) in [5, 5.41) is 21.9.